The first kappa shape index (κ1) is 75.3. The van der Waals surface area contributed by atoms with Crippen molar-refractivity contribution in [3.05, 3.63) is 423 Å². The largest absolute Gasteiger partial charge is 0.264 e. The van der Waals surface area contributed by atoms with Crippen molar-refractivity contribution in [3.8, 4) is 67.3 Å². The van der Waals surface area contributed by atoms with Crippen LogP contribution in [0.2, 0.25) is 0 Å². The van der Waals surface area contributed by atoms with Crippen LogP contribution >= 0.6 is 0 Å². The van der Waals surface area contributed by atoms with Crippen LogP contribution in [0, 0.1) is 48.5 Å². The number of nitrogens with zero attached hydrogens (tertiary/aromatic N) is 10. The third-order valence-electron chi connectivity index (χ3n) is 19.4. The molecule has 0 fully saturated rings. The second-order valence-electron chi connectivity index (χ2n) is 27.4. The minimum atomic E-state index is 0.686. The first-order valence-electron chi connectivity index (χ1n) is 37.8. The summed E-state index contributed by atoms with van der Waals surface area (Å²) in [5, 5.41) is 13.6. The first-order valence-corrected chi connectivity index (χ1v) is 37.8. The average Bonchev–Trinajstić information content (AvgIpc) is 0.793. The fraction of sp³-hybridized carbons (Fsp3) is 0.0680. The van der Waals surface area contributed by atoms with Crippen molar-refractivity contribution >= 4 is 75.8 Å². The standard InChI is InChI=1S/C28H21N3.C19H14N2.C15H12N2.C11H10.3C10H9N/c1-20-29-27(25-16-8-14-23(18-25)21-10-4-2-5-11-21)31-28(30-20)26-17-9-15-24(19-26)22-12-6-3-7-13-22;1-13-20-12-18-17(10-5-11-19(18)21-13)16-9-4-7-14-6-2-3-8-15(14)16;1-11-16-10-14-13(8-5-9-15(14)17-11)12-6-3-2-4-7-12;1-9-5-4-7-10-6-2-3-8-11(9)10;1-8-4-2-5-9-6-3-7-11-10(8)9;1-8-6-11-7-9-4-2-3-5-10(8)9;1-8-10-5-3-2-4-9(10)6-7-11-8/h2-19H,1H3;2-12H,1H3;2-10H,1H3;2-8H,1H3;3*2-7H,1H3. The summed E-state index contributed by atoms with van der Waals surface area (Å²) in [5.41, 5.74) is 19.4. The summed E-state index contributed by atoms with van der Waals surface area (Å²) >= 11 is 0. The fourth-order valence-corrected chi connectivity index (χ4v) is 13.7. The van der Waals surface area contributed by atoms with E-state index in [1.165, 1.54) is 98.5 Å². The zero-order valence-corrected chi connectivity index (χ0v) is 64.3. The lowest BCUT2D eigenvalue weighted by Gasteiger charge is -2.09. The second kappa shape index (κ2) is 36.6. The lowest BCUT2D eigenvalue weighted by Crippen LogP contribution is -1.99. The fourth-order valence-electron chi connectivity index (χ4n) is 13.7. The lowest BCUT2D eigenvalue weighted by atomic mass is 9.96. The molecule has 0 aliphatic heterocycles. The van der Waals surface area contributed by atoms with E-state index in [1.807, 2.05) is 192 Å². The molecule has 0 atom stereocenters. The van der Waals surface area contributed by atoms with Gasteiger partial charge < -0.3 is 0 Å². The summed E-state index contributed by atoms with van der Waals surface area (Å²) in [6.07, 6.45) is 11.3. The maximum absolute atomic E-state index is 4.82. The Bertz CT molecular complexity index is 6180. The zero-order valence-electron chi connectivity index (χ0n) is 64.3. The highest BCUT2D eigenvalue weighted by molar-refractivity contribution is 6.04. The van der Waals surface area contributed by atoms with Gasteiger partial charge in [0.25, 0.3) is 0 Å². The van der Waals surface area contributed by atoms with Crippen LogP contribution < -0.4 is 0 Å². The van der Waals surface area contributed by atoms with Gasteiger partial charge in [0.1, 0.15) is 17.5 Å². The van der Waals surface area contributed by atoms with Crippen molar-refractivity contribution in [1.29, 1.82) is 0 Å². The van der Waals surface area contributed by atoms with Gasteiger partial charge in [-0.25, -0.2) is 34.9 Å². The van der Waals surface area contributed by atoms with E-state index in [1.54, 1.807) is 0 Å². The van der Waals surface area contributed by atoms with Crippen LogP contribution in [0.15, 0.2) is 383 Å². The van der Waals surface area contributed by atoms with Crippen molar-refractivity contribution in [2.45, 2.75) is 48.5 Å². The molecule has 0 radical (unpaired) electrons. The molecule has 0 spiro atoms. The van der Waals surface area contributed by atoms with Gasteiger partial charge in [-0.15, -0.1) is 0 Å². The minimum Gasteiger partial charge on any atom is -0.264 e. The van der Waals surface area contributed by atoms with Crippen LogP contribution in [-0.2, 0) is 0 Å². The maximum Gasteiger partial charge on any atom is 0.163 e. The number of aromatic nitrogens is 10. The first-order chi connectivity index (χ1) is 55.4. The van der Waals surface area contributed by atoms with Crippen molar-refractivity contribution in [2.75, 3.05) is 0 Å². The van der Waals surface area contributed by atoms with Gasteiger partial charge >= 0.3 is 0 Å². The molecular formula is C103H84N10. The van der Waals surface area contributed by atoms with Gasteiger partial charge in [-0.2, -0.15) is 0 Å². The minimum absolute atomic E-state index is 0.686. The Labute approximate surface area is 660 Å². The van der Waals surface area contributed by atoms with Crippen molar-refractivity contribution in [3.63, 3.8) is 0 Å². The molecule has 10 nitrogen and oxygen atoms in total. The Morgan fingerprint density at radius 1 is 0.204 bits per heavy atom. The second-order valence-corrected chi connectivity index (χ2v) is 27.4. The highest BCUT2D eigenvalue weighted by Crippen LogP contribution is 2.35. The molecule has 0 unspecified atom stereocenters. The van der Waals surface area contributed by atoms with Gasteiger partial charge in [0.15, 0.2) is 11.6 Å². The summed E-state index contributed by atoms with van der Waals surface area (Å²) < 4.78 is 0. The Hall–Kier alpha value is -14.5. The van der Waals surface area contributed by atoms with E-state index < -0.39 is 0 Å². The topological polar surface area (TPSA) is 129 Å². The van der Waals surface area contributed by atoms with E-state index >= 15 is 0 Å². The molecule has 10 heteroatoms. The molecule has 0 aliphatic rings. The van der Waals surface area contributed by atoms with Gasteiger partial charge in [0.05, 0.1) is 16.6 Å². The van der Waals surface area contributed by atoms with E-state index in [-0.39, 0.29) is 0 Å². The summed E-state index contributed by atoms with van der Waals surface area (Å²) in [7, 11) is 0. The predicted octanol–water partition coefficient (Wildman–Crippen LogP) is 26.0. The molecule has 6 heterocycles. The Morgan fingerprint density at radius 2 is 0.611 bits per heavy atom. The Kier molecular flexibility index (Phi) is 24.4. The third kappa shape index (κ3) is 19.0. The van der Waals surface area contributed by atoms with Crippen molar-refractivity contribution in [2.24, 2.45) is 0 Å². The number of hydrogen-bond donors (Lipinski definition) is 0. The van der Waals surface area contributed by atoms with Crippen LogP contribution in [0.25, 0.3) is 143 Å². The van der Waals surface area contributed by atoms with Gasteiger partial charge in [0.2, 0.25) is 0 Å². The van der Waals surface area contributed by atoms with E-state index in [4.69, 9.17) is 4.98 Å². The number of rotatable bonds is 6. The summed E-state index contributed by atoms with van der Waals surface area (Å²) in [6.45, 7) is 14.1. The molecule has 20 rings (SSSR count). The highest BCUT2D eigenvalue weighted by Gasteiger charge is 2.13. The van der Waals surface area contributed by atoms with E-state index in [0.717, 1.165) is 66.9 Å². The van der Waals surface area contributed by atoms with E-state index in [2.05, 4.69) is 284 Å². The van der Waals surface area contributed by atoms with Crippen LogP contribution in [0.1, 0.15) is 39.9 Å². The Morgan fingerprint density at radius 3 is 1.17 bits per heavy atom. The summed E-state index contributed by atoms with van der Waals surface area (Å²) in [4.78, 5) is 44.3. The quantitative estimate of drug-likeness (QED) is 0.159. The average molecular weight is 1460 g/mol. The summed E-state index contributed by atoms with van der Waals surface area (Å²) in [5.74, 6) is 3.69. The van der Waals surface area contributed by atoms with Crippen molar-refractivity contribution in [1.82, 2.24) is 49.8 Å². The third-order valence-corrected chi connectivity index (χ3v) is 19.4. The molecule has 0 N–H and O–H groups in total. The SMILES string of the molecule is Cc1cccc2ccccc12.Cc1cccc2cccnc12.Cc1cncc2ccccc12.Cc1nc(-c2cccc(-c3ccccc3)c2)nc(-c2cccc(-c3ccccc3)c2)n1.Cc1ncc2c(-c3cccc4ccccc34)cccc2n1.Cc1ncc2c(-c3ccccc3)cccc2n1.Cc1nccc2ccccc12. The molecule has 0 saturated heterocycles. The van der Waals surface area contributed by atoms with Crippen LogP contribution in [0.3, 0.4) is 0 Å². The molecule has 0 amide bonds. The molecule has 0 bridgehead atoms. The van der Waals surface area contributed by atoms with Gasteiger partial charge in [-0.3, -0.25) is 15.0 Å². The maximum atomic E-state index is 4.82. The molecule has 0 saturated carbocycles. The molecular weight excluding hydrogens is 1380 g/mol. The number of fused-ring (bicyclic) bond motifs is 7. The van der Waals surface area contributed by atoms with E-state index in [9.17, 15) is 0 Å². The molecule has 6 aromatic heterocycles. The number of hydrogen-bond acceptors (Lipinski definition) is 10. The van der Waals surface area contributed by atoms with Crippen LogP contribution in [0.5, 0.6) is 0 Å². The molecule has 0 aliphatic carbocycles. The number of aryl methyl sites for hydroxylation is 7. The molecule has 113 heavy (non-hydrogen) atoms. The summed E-state index contributed by atoms with van der Waals surface area (Å²) in [6, 6.07) is 119. The number of para-hydroxylation sites is 1. The highest BCUT2D eigenvalue weighted by atomic mass is 15.0. The molecule has 546 valence electrons. The Balaban J connectivity index is 0.000000114. The van der Waals surface area contributed by atoms with E-state index in [0.29, 0.717) is 17.5 Å². The van der Waals surface area contributed by atoms with Crippen LogP contribution in [-0.4, -0.2) is 49.8 Å². The number of benzene rings is 14. The smallest absolute Gasteiger partial charge is 0.163 e. The van der Waals surface area contributed by atoms with Crippen molar-refractivity contribution < 1.29 is 0 Å². The zero-order chi connectivity index (χ0) is 77.7. The van der Waals surface area contributed by atoms with Crippen LogP contribution in [0.4, 0.5) is 0 Å². The monoisotopic (exact) mass is 1460 g/mol. The van der Waals surface area contributed by atoms with Gasteiger partial charge in [0, 0.05) is 80.9 Å². The predicted molar refractivity (Wildman–Crippen MR) is 471 cm³/mol. The molecule has 20 aromatic rings. The number of pyridine rings is 3. The lowest BCUT2D eigenvalue weighted by molar-refractivity contribution is 0.992. The van der Waals surface area contributed by atoms with Gasteiger partial charge in [-0.05, 0) is 178 Å². The van der Waals surface area contributed by atoms with Gasteiger partial charge in [-0.1, -0.05) is 309 Å². The molecule has 14 aromatic carbocycles. The normalized spacial score (nSPS) is 10.6.